The first kappa shape index (κ1) is 13.3. The number of halogens is 1. The van der Waals surface area contributed by atoms with Crippen LogP contribution in [-0.2, 0) is 0 Å². The third-order valence-electron chi connectivity index (χ3n) is 3.28. The number of benzene rings is 2. The van der Waals surface area contributed by atoms with Crippen molar-refractivity contribution in [1.82, 2.24) is 25.0 Å². The summed E-state index contributed by atoms with van der Waals surface area (Å²) in [6.45, 7) is 0. The summed E-state index contributed by atoms with van der Waals surface area (Å²) in [4.78, 5) is 8.20. The van der Waals surface area contributed by atoms with Gasteiger partial charge < -0.3 is 4.74 Å². The average molecular weight is 307 g/mol. The minimum Gasteiger partial charge on any atom is -0.438 e. The van der Waals surface area contributed by atoms with Crippen LogP contribution in [0.2, 0.25) is 0 Å². The fourth-order valence-corrected chi connectivity index (χ4v) is 2.23. The largest absolute Gasteiger partial charge is 0.438 e. The normalized spacial score (nSPS) is 10.8. The Morgan fingerprint density at radius 3 is 2.87 bits per heavy atom. The maximum absolute atomic E-state index is 13.5. The molecule has 23 heavy (non-hydrogen) atoms. The molecule has 0 fully saturated rings. The maximum atomic E-state index is 13.5. The van der Waals surface area contributed by atoms with E-state index in [1.54, 1.807) is 35.3 Å². The van der Waals surface area contributed by atoms with Gasteiger partial charge in [0.15, 0.2) is 0 Å². The van der Waals surface area contributed by atoms with Gasteiger partial charge in [-0.3, -0.25) is 0 Å². The smallest absolute Gasteiger partial charge is 0.230 e. The summed E-state index contributed by atoms with van der Waals surface area (Å²) >= 11 is 0. The summed E-state index contributed by atoms with van der Waals surface area (Å²) in [5, 5.41) is 8.22. The van der Waals surface area contributed by atoms with Gasteiger partial charge in [0.2, 0.25) is 5.88 Å². The lowest BCUT2D eigenvalue weighted by molar-refractivity contribution is 0.467. The Morgan fingerprint density at radius 1 is 1.04 bits per heavy atom. The van der Waals surface area contributed by atoms with E-state index in [4.69, 9.17) is 4.74 Å². The van der Waals surface area contributed by atoms with Crippen LogP contribution < -0.4 is 4.74 Å². The number of hydrogen-bond donors (Lipinski definition) is 0. The van der Waals surface area contributed by atoms with Crippen molar-refractivity contribution in [2.75, 3.05) is 0 Å². The molecule has 2 aromatic carbocycles. The lowest BCUT2D eigenvalue weighted by Gasteiger charge is -2.08. The number of nitrogens with zero attached hydrogens (tertiary/aromatic N) is 5. The molecule has 0 spiro atoms. The molecule has 0 unspecified atom stereocenters. The Labute approximate surface area is 130 Å². The molecular weight excluding hydrogens is 297 g/mol. The van der Waals surface area contributed by atoms with Crippen LogP contribution in [0.15, 0.2) is 61.2 Å². The molecule has 2 heterocycles. The van der Waals surface area contributed by atoms with E-state index >= 15 is 0 Å². The lowest BCUT2D eigenvalue weighted by Crippen LogP contribution is -1.96. The molecule has 0 saturated carbocycles. The first-order chi connectivity index (χ1) is 11.3. The summed E-state index contributed by atoms with van der Waals surface area (Å²) in [6, 6.07) is 11.6. The molecule has 6 nitrogen and oxygen atoms in total. The van der Waals surface area contributed by atoms with Crippen LogP contribution in [0.25, 0.3) is 16.6 Å². The maximum Gasteiger partial charge on any atom is 0.230 e. The highest BCUT2D eigenvalue weighted by Gasteiger charge is 2.08. The number of fused-ring (bicyclic) bond motifs is 1. The molecule has 0 radical (unpaired) electrons. The van der Waals surface area contributed by atoms with Gasteiger partial charge >= 0.3 is 0 Å². The molecule has 0 amide bonds. The monoisotopic (exact) mass is 307 g/mol. The standard InChI is InChI=1S/C16H10FN5O/c17-11-4-5-15-14(8-11)16(19-10-18-15)23-13-3-1-2-12(9-13)22-7-6-20-21-22/h1-10H. The molecule has 0 aliphatic carbocycles. The Bertz CT molecular complexity index is 971. The number of aromatic nitrogens is 5. The van der Waals surface area contributed by atoms with Crippen LogP contribution in [0, 0.1) is 5.82 Å². The summed E-state index contributed by atoms with van der Waals surface area (Å²) in [5.74, 6) is 0.487. The second-order valence-corrected chi connectivity index (χ2v) is 4.79. The number of rotatable bonds is 3. The highest BCUT2D eigenvalue weighted by molar-refractivity contribution is 5.83. The molecule has 2 aromatic heterocycles. The Hall–Kier alpha value is -3.35. The second kappa shape index (κ2) is 5.45. The number of ether oxygens (including phenoxy) is 1. The van der Waals surface area contributed by atoms with Gasteiger partial charge in [0.05, 0.1) is 29.0 Å². The summed E-state index contributed by atoms with van der Waals surface area (Å²) in [7, 11) is 0. The van der Waals surface area contributed by atoms with E-state index in [1.807, 2.05) is 12.1 Å². The van der Waals surface area contributed by atoms with Gasteiger partial charge in [0, 0.05) is 6.07 Å². The Balaban J connectivity index is 1.74. The average Bonchev–Trinajstić information content (AvgIpc) is 3.10. The zero-order chi connectivity index (χ0) is 15.6. The van der Waals surface area contributed by atoms with E-state index in [0.717, 1.165) is 5.69 Å². The van der Waals surface area contributed by atoms with Gasteiger partial charge in [-0.1, -0.05) is 11.3 Å². The van der Waals surface area contributed by atoms with Crippen LogP contribution in [0.4, 0.5) is 4.39 Å². The topological polar surface area (TPSA) is 65.7 Å². The van der Waals surface area contributed by atoms with E-state index in [1.165, 1.54) is 18.5 Å². The van der Waals surface area contributed by atoms with Crippen LogP contribution in [0.5, 0.6) is 11.6 Å². The minimum atomic E-state index is -0.367. The van der Waals surface area contributed by atoms with Gasteiger partial charge in [0.1, 0.15) is 17.9 Å². The van der Waals surface area contributed by atoms with Gasteiger partial charge in [0.25, 0.3) is 0 Å². The van der Waals surface area contributed by atoms with Crippen molar-refractivity contribution in [1.29, 1.82) is 0 Å². The molecule has 0 aliphatic rings. The predicted octanol–water partition coefficient (Wildman–Crippen LogP) is 3.14. The van der Waals surface area contributed by atoms with E-state index < -0.39 is 0 Å². The van der Waals surface area contributed by atoms with Crippen molar-refractivity contribution in [2.24, 2.45) is 0 Å². The van der Waals surface area contributed by atoms with E-state index in [-0.39, 0.29) is 5.82 Å². The summed E-state index contributed by atoms with van der Waals surface area (Å²) in [5.41, 5.74) is 1.41. The van der Waals surface area contributed by atoms with E-state index in [2.05, 4.69) is 20.3 Å². The lowest BCUT2D eigenvalue weighted by atomic mass is 10.2. The predicted molar refractivity (Wildman–Crippen MR) is 80.9 cm³/mol. The van der Waals surface area contributed by atoms with Crippen LogP contribution >= 0.6 is 0 Å². The quantitative estimate of drug-likeness (QED) is 0.582. The zero-order valence-electron chi connectivity index (χ0n) is 11.8. The molecular formula is C16H10FN5O. The third-order valence-corrected chi connectivity index (χ3v) is 3.28. The van der Waals surface area contributed by atoms with Crippen LogP contribution in [0.3, 0.4) is 0 Å². The van der Waals surface area contributed by atoms with Crippen LogP contribution in [0.1, 0.15) is 0 Å². The summed E-state index contributed by atoms with van der Waals surface area (Å²) in [6.07, 6.45) is 4.71. The SMILES string of the molecule is Fc1ccc2ncnc(Oc3cccc(-n4ccnn4)c3)c2c1. The zero-order valence-corrected chi connectivity index (χ0v) is 11.8. The molecule has 0 aliphatic heterocycles. The van der Waals surface area contributed by atoms with Crippen molar-refractivity contribution in [3.05, 3.63) is 67.0 Å². The molecule has 0 saturated heterocycles. The fraction of sp³-hybridized carbons (Fsp3) is 0. The molecule has 0 bridgehead atoms. The Kier molecular flexibility index (Phi) is 3.16. The van der Waals surface area contributed by atoms with Crippen molar-refractivity contribution in [3.63, 3.8) is 0 Å². The Morgan fingerprint density at radius 2 is 2.00 bits per heavy atom. The summed E-state index contributed by atoms with van der Waals surface area (Å²) < 4.78 is 20.9. The van der Waals surface area contributed by atoms with E-state index in [9.17, 15) is 4.39 Å². The van der Waals surface area contributed by atoms with Gasteiger partial charge in [-0.2, -0.15) is 0 Å². The third kappa shape index (κ3) is 2.59. The van der Waals surface area contributed by atoms with Crippen molar-refractivity contribution >= 4 is 10.9 Å². The van der Waals surface area contributed by atoms with Crippen LogP contribution in [-0.4, -0.2) is 25.0 Å². The second-order valence-electron chi connectivity index (χ2n) is 4.79. The molecule has 7 heteroatoms. The van der Waals surface area contributed by atoms with E-state index in [0.29, 0.717) is 22.5 Å². The van der Waals surface area contributed by atoms with Crippen molar-refractivity contribution in [3.8, 4) is 17.3 Å². The first-order valence-electron chi connectivity index (χ1n) is 6.84. The van der Waals surface area contributed by atoms with Crippen molar-refractivity contribution in [2.45, 2.75) is 0 Å². The minimum absolute atomic E-state index is 0.297. The highest BCUT2D eigenvalue weighted by atomic mass is 19.1. The molecule has 0 atom stereocenters. The van der Waals surface area contributed by atoms with Crippen molar-refractivity contribution < 1.29 is 9.13 Å². The molecule has 4 rings (SSSR count). The molecule has 0 N–H and O–H groups in total. The van der Waals surface area contributed by atoms with Gasteiger partial charge in [-0.15, -0.1) is 5.10 Å². The van der Waals surface area contributed by atoms with Gasteiger partial charge in [-0.25, -0.2) is 19.0 Å². The first-order valence-corrected chi connectivity index (χ1v) is 6.84. The van der Waals surface area contributed by atoms with Gasteiger partial charge in [-0.05, 0) is 30.3 Å². The number of hydrogen-bond acceptors (Lipinski definition) is 5. The fourth-order valence-electron chi connectivity index (χ4n) is 2.23. The molecule has 112 valence electrons. The molecule has 4 aromatic rings. The highest BCUT2D eigenvalue weighted by Crippen LogP contribution is 2.28.